The Kier molecular flexibility index (Phi) is 5.22. The molecule has 29 heavy (non-hydrogen) atoms. The molecule has 152 valence electrons. The second-order valence-electron chi connectivity index (χ2n) is 6.43. The molecule has 1 aliphatic heterocycles. The first-order valence-electron chi connectivity index (χ1n) is 8.45. The highest BCUT2D eigenvalue weighted by molar-refractivity contribution is 7.10. The van der Waals surface area contributed by atoms with E-state index in [1.165, 1.54) is 17.4 Å². The topological polar surface area (TPSA) is 59.0 Å². The minimum atomic E-state index is -4.55. The summed E-state index contributed by atoms with van der Waals surface area (Å²) in [4.78, 5) is 13.4. The van der Waals surface area contributed by atoms with Gasteiger partial charge in [0, 0.05) is 22.0 Å². The van der Waals surface area contributed by atoms with Crippen molar-refractivity contribution in [2.24, 2.45) is 0 Å². The summed E-state index contributed by atoms with van der Waals surface area (Å²) >= 11 is 13.5. The molecule has 0 aliphatic carbocycles. The van der Waals surface area contributed by atoms with Gasteiger partial charge < -0.3 is 10.6 Å². The molecule has 11 heteroatoms. The number of thiophene rings is 1. The normalized spacial score (nSPS) is 18.8. The summed E-state index contributed by atoms with van der Waals surface area (Å²) in [5.74, 6) is -0.760. The fraction of sp³-hybridized carbons (Fsp3) is 0.222. The maximum atomic E-state index is 13.7. The summed E-state index contributed by atoms with van der Waals surface area (Å²) in [6.45, 7) is 0. The molecule has 4 rings (SSSR count). The van der Waals surface area contributed by atoms with Crippen LogP contribution in [-0.2, 0) is 0 Å². The molecule has 1 aromatic carbocycles. The maximum Gasteiger partial charge on any atom is 0.410 e. The minimum Gasteiger partial charge on any atom is -0.361 e. The van der Waals surface area contributed by atoms with Crippen molar-refractivity contribution in [1.29, 1.82) is 0 Å². The van der Waals surface area contributed by atoms with Crippen molar-refractivity contribution in [1.82, 2.24) is 9.78 Å². The number of alkyl halides is 3. The van der Waals surface area contributed by atoms with Gasteiger partial charge >= 0.3 is 6.18 Å². The predicted molar refractivity (Wildman–Crippen MR) is 107 cm³/mol. The molecular formula is C18H13Cl2F3N4OS. The van der Waals surface area contributed by atoms with Crippen LogP contribution in [0.1, 0.15) is 33.9 Å². The molecule has 0 saturated carbocycles. The zero-order chi connectivity index (χ0) is 20.8. The van der Waals surface area contributed by atoms with Crippen LogP contribution in [0.25, 0.3) is 0 Å². The molecule has 0 spiro atoms. The van der Waals surface area contributed by atoms with E-state index in [9.17, 15) is 18.0 Å². The summed E-state index contributed by atoms with van der Waals surface area (Å²) in [5, 5.41) is 11.5. The van der Waals surface area contributed by atoms with E-state index in [1.807, 2.05) is 0 Å². The minimum absolute atomic E-state index is 0.0325. The van der Waals surface area contributed by atoms with Gasteiger partial charge in [0.05, 0.1) is 6.04 Å². The number of rotatable bonds is 3. The van der Waals surface area contributed by atoms with E-state index in [2.05, 4.69) is 15.7 Å². The van der Waals surface area contributed by atoms with Gasteiger partial charge in [0.15, 0.2) is 11.7 Å². The van der Waals surface area contributed by atoms with Gasteiger partial charge in [0.2, 0.25) is 0 Å². The SMILES string of the molecule is O=C(Nc1cccc(Cl)c1)c1nn2c(c1Cl)N[C@@H](c1cccs1)C[C@H]2C(F)(F)F. The van der Waals surface area contributed by atoms with Crippen molar-refractivity contribution in [2.75, 3.05) is 10.6 Å². The lowest BCUT2D eigenvalue weighted by Crippen LogP contribution is -2.35. The van der Waals surface area contributed by atoms with E-state index in [4.69, 9.17) is 23.2 Å². The lowest BCUT2D eigenvalue weighted by atomic mass is 10.0. The van der Waals surface area contributed by atoms with E-state index >= 15 is 0 Å². The second-order valence-corrected chi connectivity index (χ2v) is 8.22. The van der Waals surface area contributed by atoms with Crippen LogP contribution < -0.4 is 10.6 Å². The van der Waals surface area contributed by atoms with E-state index in [0.717, 1.165) is 9.56 Å². The van der Waals surface area contributed by atoms with Gasteiger partial charge in [-0.3, -0.25) is 4.79 Å². The van der Waals surface area contributed by atoms with Crippen molar-refractivity contribution in [3.63, 3.8) is 0 Å². The number of hydrogen-bond acceptors (Lipinski definition) is 4. The first kappa shape index (κ1) is 20.1. The second kappa shape index (κ2) is 7.55. The molecule has 0 saturated heterocycles. The zero-order valence-corrected chi connectivity index (χ0v) is 16.8. The first-order valence-corrected chi connectivity index (χ1v) is 10.1. The largest absolute Gasteiger partial charge is 0.410 e. The van der Waals surface area contributed by atoms with Crippen molar-refractivity contribution in [2.45, 2.75) is 24.7 Å². The Bertz CT molecular complexity index is 1050. The predicted octanol–water partition coefficient (Wildman–Crippen LogP) is 6.16. The van der Waals surface area contributed by atoms with Crippen molar-refractivity contribution in [3.8, 4) is 0 Å². The number of anilines is 2. The molecule has 1 amide bonds. The molecular weight excluding hydrogens is 448 g/mol. The highest BCUT2D eigenvalue weighted by atomic mass is 35.5. The molecule has 2 atom stereocenters. The Morgan fingerprint density at radius 3 is 2.72 bits per heavy atom. The van der Waals surface area contributed by atoms with Crippen LogP contribution in [0, 0.1) is 0 Å². The lowest BCUT2D eigenvalue weighted by Gasteiger charge is -2.32. The molecule has 0 radical (unpaired) electrons. The Balaban J connectivity index is 1.70. The monoisotopic (exact) mass is 460 g/mol. The number of carbonyl (C=O) groups excluding carboxylic acids is 1. The highest BCUT2D eigenvalue weighted by Crippen LogP contribution is 2.46. The van der Waals surface area contributed by atoms with E-state index < -0.39 is 24.2 Å². The van der Waals surface area contributed by atoms with Gasteiger partial charge in [-0.1, -0.05) is 35.3 Å². The van der Waals surface area contributed by atoms with Crippen molar-refractivity contribution in [3.05, 3.63) is 62.4 Å². The molecule has 3 aromatic rings. The number of benzene rings is 1. The summed E-state index contributed by atoms with van der Waals surface area (Å²) in [5.41, 5.74) is 0.0801. The highest BCUT2D eigenvalue weighted by Gasteiger charge is 2.48. The number of hydrogen-bond donors (Lipinski definition) is 2. The van der Waals surface area contributed by atoms with E-state index in [1.54, 1.807) is 35.7 Å². The fourth-order valence-corrected chi connectivity index (χ4v) is 4.41. The molecule has 2 aromatic heterocycles. The fourth-order valence-electron chi connectivity index (χ4n) is 3.17. The Morgan fingerprint density at radius 1 is 1.28 bits per heavy atom. The Hall–Kier alpha value is -2.23. The third kappa shape index (κ3) is 3.94. The standard InChI is InChI=1S/C18H13Cl2F3N4OS/c19-9-3-1-4-10(7-9)24-17(28)15-14(20)16-25-11(12-5-2-6-29-12)8-13(18(21,22)23)27(16)26-15/h1-7,11,13,25H,8H2,(H,24,28)/t11-,13+/m1/s1. The first-order chi connectivity index (χ1) is 13.7. The molecule has 2 N–H and O–H groups in total. The molecule has 5 nitrogen and oxygen atoms in total. The Labute approximate surface area is 177 Å². The number of fused-ring (bicyclic) bond motifs is 1. The Morgan fingerprint density at radius 2 is 2.07 bits per heavy atom. The smallest absolute Gasteiger partial charge is 0.361 e. The van der Waals surface area contributed by atoms with E-state index in [-0.39, 0.29) is 23.0 Å². The number of carbonyl (C=O) groups is 1. The summed E-state index contributed by atoms with van der Waals surface area (Å²) < 4.78 is 41.9. The van der Waals surface area contributed by atoms with Crippen LogP contribution >= 0.6 is 34.5 Å². The van der Waals surface area contributed by atoms with Gasteiger partial charge in [-0.25, -0.2) is 4.68 Å². The van der Waals surface area contributed by atoms with Crippen LogP contribution in [0.5, 0.6) is 0 Å². The molecule has 1 aliphatic rings. The third-order valence-electron chi connectivity index (χ3n) is 4.48. The average molecular weight is 461 g/mol. The zero-order valence-electron chi connectivity index (χ0n) is 14.5. The quantitative estimate of drug-likeness (QED) is 0.491. The maximum absolute atomic E-state index is 13.7. The molecule has 0 bridgehead atoms. The average Bonchev–Trinajstić information content (AvgIpc) is 3.29. The van der Waals surface area contributed by atoms with Crippen molar-refractivity contribution < 1.29 is 18.0 Å². The van der Waals surface area contributed by atoms with Crippen LogP contribution in [0.4, 0.5) is 24.7 Å². The van der Waals surface area contributed by atoms with Crippen LogP contribution in [0.15, 0.2) is 41.8 Å². The summed E-state index contributed by atoms with van der Waals surface area (Å²) in [7, 11) is 0. The van der Waals surface area contributed by atoms with E-state index in [0.29, 0.717) is 10.7 Å². The molecule has 3 heterocycles. The number of nitrogens with one attached hydrogen (secondary N) is 2. The van der Waals surface area contributed by atoms with Crippen LogP contribution in [-0.4, -0.2) is 21.9 Å². The number of amides is 1. The molecule has 0 fully saturated rings. The van der Waals surface area contributed by atoms with Gasteiger partial charge in [-0.15, -0.1) is 11.3 Å². The van der Waals surface area contributed by atoms with Gasteiger partial charge in [-0.05, 0) is 29.6 Å². The van der Waals surface area contributed by atoms with Crippen LogP contribution in [0.3, 0.4) is 0 Å². The van der Waals surface area contributed by atoms with Crippen molar-refractivity contribution >= 4 is 52.0 Å². The third-order valence-corrected chi connectivity index (χ3v) is 6.06. The number of aromatic nitrogens is 2. The number of halogens is 5. The van der Waals surface area contributed by atoms with Crippen LogP contribution in [0.2, 0.25) is 10.0 Å². The lowest BCUT2D eigenvalue weighted by molar-refractivity contribution is -0.173. The summed E-state index contributed by atoms with van der Waals surface area (Å²) in [6.07, 6.45) is -4.81. The van der Waals surface area contributed by atoms with Gasteiger partial charge in [0.1, 0.15) is 10.8 Å². The molecule has 0 unspecified atom stereocenters. The van der Waals surface area contributed by atoms with Gasteiger partial charge in [0.25, 0.3) is 5.91 Å². The summed E-state index contributed by atoms with van der Waals surface area (Å²) in [6, 6.07) is 7.38. The van der Waals surface area contributed by atoms with Gasteiger partial charge in [-0.2, -0.15) is 18.3 Å². The number of nitrogens with zero attached hydrogens (tertiary/aromatic N) is 2.